The smallest absolute Gasteiger partial charge is 0.242 e. The predicted octanol–water partition coefficient (Wildman–Crippen LogP) is 7.87. The van der Waals surface area contributed by atoms with Gasteiger partial charge in [0, 0.05) is 54.4 Å². The average Bonchev–Trinajstić information content (AvgIpc) is 3.91. The van der Waals surface area contributed by atoms with Crippen LogP contribution in [0.5, 0.6) is 11.5 Å². The summed E-state index contributed by atoms with van der Waals surface area (Å²) in [7, 11) is 3.21. The molecule has 5 aliphatic rings. The van der Waals surface area contributed by atoms with Crippen LogP contribution in [0.15, 0.2) is 84.4 Å². The summed E-state index contributed by atoms with van der Waals surface area (Å²) in [5, 5.41) is 17.6. The summed E-state index contributed by atoms with van der Waals surface area (Å²) in [5.74, 6) is -3.61. The molecule has 6 atom stereocenters. The van der Waals surface area contributed by atoms with Crippen LogP contribution in [0.1, 0.15) is 55.2 Å². The first kappa shape index (κ1) is 38.9. The van der Waals surface area contributed by atoms with E-state index in [4.69, 9.17) is 21.4 Å². The van der Waals surface area contributed by atoms with E-state index in [-0.39, 0.29) is 47.6 Å². The van der Waals surface area contributed by atoms with Gasteiger partial charge >= 0.3 is 0 Å². The third kappa shape index (κ3) is 5.81. The number of anilines is 1. The minimum absolute atomic E-state index is 0.0895. The van der Waals surface area contributed by atoms with Gasteiger partial charge in [0.05, 0.1) is 35.2 Å². The maximum Gasteiger partial charge on any atom is 0.242 e. The highest BCUT2D eigenvalue weighted by Gasteiger charge is 2.68. The zero-order valence-corrected chi connectivity index (χ0v) is 35.5. The number of nitrogens with zero attached hydrogens (tertiary/aromatic N) is 5. The van der Waals surface area contributed by atoms with Crippen molar-refractivity contribution in [2.75, 3.05) is 25.1 Å². The number of piperidine rings is 1. The molecule has 10 rings (SSSR count). The van der Waals surface area contributed by atoms with Gasteiger partial charge in [-0.15, -0.1) is 11.3 Å². The third-order valence-corrected chi connectivity index (χ3v) is 15.8. The van der Waals surface area contributed by atoms with E-state index in [1.165, 1.54) is 17.6 Å². The van der Waals surface area contributed by atoms with Crippen LogP contribution >= 0.6 is 22.9 Å². The lowest BCUT2D eigenvalue weighted by molar-refractivity contribution is -0.144. The molecule has 0 spiro atoms. The van der Waals surface area contributed by atoms with Crippen molar-refractivity contribution in [1.82, 2.24) is 19.6 Å². The van der Waals surface area contributed by atoms with E-state index in [0.29, 0.717) is 41.4 Å². The molecular formula is C47H46ClN5O6S. The molecular weight excluding hydrogens is 798 g/mol. The standard InChI is InChI=1S/C47H46ClN5O6S/c1-25-32-21-28(48)11-15-38(32)60-42(25)35-23-39(50(3)49-35)53-44(56)34-22-33-30(41(47(34,2)46(53)58)27-10-14-37(59-4)36(54)20-27)12-13-31-40(33)45(57)52(43(31)55)29-16-18-51(19-17-29)24-26-8-6-5-7-9-26/h5-12,14-15,20-21,23,29,31,33-34,40-41,54H,13,16-19,22,24H2,1-4H3/t31-,33+,34-,40-,41-,47+/m0/s1. The van der Waals surface area contributed by atoms with Crippen molar-refractivity contribution in [2.24, 2.45) is 36.1 Å². The Morgan fingerprint density at radius 1 is 0.950 bits per heavy atom. The number of hydrogen-bond donors (Lipinski definition) is 1. The Morgan fingerprint density at radius 2 is 1.72 bits per heavy atom. The highest BCUT2D eigenvalue weighted by molar-refractivity contribution is 7.22. The summed E-state index contributed by atoms with van der Waals surface area (Å²) in [6, 6.07) is 22.8. The van der Waals surface area contributed by atoms with Crippen LogP contribution in [0, 0.1) is 36.0 Å². The number of ether oxygens (including phenoxy) is 1. The van der Waals surface area contributed by atoms with Gasteiger partial charge in [-0.25, -0.2) is 4.90 Å². The van der Waals surface area contributed by atoms with Gasteiger partial charge in [0.2, 0.25) is 23.6 Å². The first-order valence-corrected chi connectivity index (χ1v) is 21.9. The molecule has 1 N–H and O–H groups in total. The fourth-order valence-electron chi connectivity index (χ4n) is 11.3. The molecule has 0 radical (unpaired) electrons. The fraction of sp³-hybridized carbons (Fsp3) is 0.383. The summed E-state index contributed by atoms with van der Waals surface area (Å²) in [6.45, 7) is 6.25. The van der Waals surface area contributed by atoms with E-state index in [1.54, 1.807) is 46.2 Å². The van der Waals surface area contributed by atoms with Gasteiger partial charge < -0.3 is 9.84 Å². The van der Waals surface area contributed by atoms with Crippen LogP contribution in [0.4, 0.5) is 5.82 Å². The number of halogens is 1. The van der Waals surface area contributed by atoms with Gasteiger partial charge in [-0.2, -0.15) is 5.10 Å². The predicted molar refractivity (Wildman–Crippen MR) is 230 cm³/mol. The number of benzene rings is 3. The number of phenols is 1. The van der Waals surface area contributed by atoms with E-state index in [0.717, 1.165) is 45.7 Å². The van der Waals surface area contributed by atoms with Gasteiger partial charge in [-0.1, -0.05) is 59.6 Å². The zero-order valence-electron chi connectivity index (χ0n) is 33.9. The molecule has 3 saturated heterocycles. The Morgan fingerprint density at radius 3 is 2.45 bits per heavy atom. The molecule has 11 nitrogen and oxygen atoms in total. The molecule has 5 heterocycles. The van der Waals surface area contributed by atoms with Gasteiger partial charge in [0.25, 0.3) is 0 Å². The Bertz CT molecular complexity index is 2650. The summed E-state index contributed by atoms with van der Waals surface area (Å²) in [6.07, 6.45) is 4.06. The second-order valence-electron chi connectivity index (χ2n) is 17.3. The van der Waals surface area contributed by atoms with Crippen molar-refractivity contribution >= 4 is 62.5 Å². The maximum atomic E-state index is 15.2. The highest BCUT2D eigenvalue weighted by atomic mass is 35.5. The highest BCUT2D eigenvalue weighted by Crippen LogP contribution is 2.64. The maximum absolute atomic E-state index is 15.2. The number of aryl methyl sites for hydroxylation is 2. The molecule has 2 aliphatic carbocycles. The van der Waals surface area contributed by atoms with Crippen LogP contribution in [0.3, 0.4) is 0 Å². The number of carbonyl (C=O) groups excluding carboxylic acids is 4. The fourth-order valence-corrected chi connectivity index (χ4v) is 12.6. The number of fused-ring (bicyclic) bond motifs is 5. The molecule has 4 fully saturated rings. The molecule has 3 aliphatic heterocycles. The number of likely N-dealkylation sites (tertiary alicyclic amines) is 2. The second-order valence-corrected chi connectivity index (χ2v) is 18.8. The number of methoxy groups -OCH3 is 1. The monoisotopic (exact) mass is 843 g/mol. The van der Waals surface area contributed by atoms with Crippen molar-refractivity contribution < 1.29 is 29.0 Å². The van der Waals surface area contributed by atoms with E-state index in [1.807, 2.05) is 56.3 Å². The van der Waals surface area contributed by atoms with Crippen molar-refractivity contribution in [2.45, 2.75) is 58.0 Å². The lowest BCUT2D eigenvalue weighted by atomic mass is 9.51. The number of rotatable bonds is 7. The summed E-state index contributed by atoms with van der Waals surface area (Å²) >= 11 is 7.92. The molecule has 1 saturated carbocycles. The van der Waals surface area contributed by atoms with E-state index in [2.05, 4.69) is 23.1 Å². The minimum Gasteiger partial charge on any atom is -0.504 e. The number of carbonyl (C=O) groups is 4. The van der Waals surface area contributed by atoms with E-state index in [9.17, 15) is 14.7 Å². The van der Waals surface area contributed by atoms with Crippen molar-refractivity contribution in [3.05, 3.63) is 106 Å². The summed E-state index contributed by atoms with van der Waals surface area (Å²) in [4.78, 5) is 65.5. The number of thiophene rings is 1. The first-order chi connectivity index (χ1) is 28.9. The molecule has 2 aromatic heterocycles. The average molecular weight is 844 g/mol. The van der Waals surface area contributed by atoms with Gasteiger partial charge in [-0.3, -0.25) is 33.7 Å². The molecule has 0 unspecified atom stereocenters. The Hall–Kier alpha value is -5.30. The summed E-state index contributed by atoms with van der Waals surface area (Å²) < 4.78 is 8.03. The normalized spacial score (nSPS) is 27.1. The van der Waals surface area contributed by atoms with Crippen LogP contribution < -0.4 is 9.64 Å². The lowest BCUT2D eigenvalue weighted by Crippen LogP contribution is -2.49. The molecule has 308 valence electrons. The Labute approximate surface area is 357 Å². The van der Waals surface area contributed by atoms with Crippen LogP contribution in [-0.2, 0) is 32.8 Å². The zero-order chi connectivity index (χ0) is 41.8. The van der Waals surface area contributed by atoms with Crippen LogP contribution in [0.25, 0.3) is 20.7 Å². The Kier molecular flexibility index (Phi) is 9.34. The van der Waals surface area contributed by atoms with Crippen molar-refractivity contribution in [3.63, 3.8) is 0 Å². The quantitative estimate of drug-likeness (QED) is 0.130. The van der Waals surface area contributed by atoms with Crippen LogP contribution in [-0.4, -0.2) is 74.6 Å². The van der Waals surface area contributed by atoms with Crippen LogP contribution in [0.2, 0.25) is 5.02 Å². The minimum atomic E-state index is -1.28. The van der Waals surface area contributed by atoms with Crippen molar-refractivity contribution in [3.8, 4) is 22.1 Å². The molecule has 0 bridgehead atoms. The van der Waals surface area contributed by atoms with Crippen molar-refractivity contribution in [1.29, 1.82) is 0 Å². The molecule has 5 aromatic rings. The SMILES string of the molecule is COc1ccc([C@H]2C3=CC[C@@H]4C(=O)N(C5CCN(Cc6ccccc6)CC5)C(=O)[C@@H]4[C@@H]3C[C@H]3C(=O)N(c4cc(-c5sc6ccc(Cl)cc6c5C)nn4C)C(=O)[C@@]23C)cc1O. The molecule has 4 amide bonds. The molecule has 3 aromatic carbocycles. The van der Waals surface area contributed by atoms with E-state index < -0.39 is 35.0 Å². The number of imide groups is 2. The van der Waals surface area contributed by atoms with E-state index >= 15 is 9.59 Å². The van der Waals surface area contributed by atoms with Gasteiger partial charge in [-0.05, 0) is 97.9 Å². The number of hydrogen-bond acceptors (Lipinski definition) is 9. The molecule has 13 heteroatoms. The largest absolute Gasteiger partial charge is 0.504 e. The first-order valence-electron chi connectivity index (χ1n) is 20.7. The summed E-state index contributed by atoms with van der Waals surface area (Å²) in [5.41, 5.74) is 3.11. The number of aromatic hydroxyl groups is 1. The Balaban J connectivity index is 0.997. The number of aromatic nitrogens is 2. The topological polar surface area (TPSA) is 125 Å². The third-order valence-electron chi connectivity index (χ3n) is 14.2. The number of amides is 4. The lowest BCUT2D eigenvalue weighted by Gasteiger charge is -2.49. The molecule has 60 heavy (non-hydrogen) atoms. The number of phenolic OH excluding ortho intramolecular Hbond substituents is 1. The van der Waals surface area contributed by atoms with Gasteiger partial charge in [0.15, 0.2) is 11.5 Å². The number of allylic oxidation sites excluding steroid dienone is 2. The second kappa shape index (κ2) is 14.4. The van der Waals surface area contributed by atoms with Gasteiger partial charge in [0.1, 0.15) is 11.5 Å².